The number of H-pyrrole nitrogens is 1. The first-order chi connectivity index (χ1) is 13.4. The van der Waals surface area contributed by atoms with Crippen molar-refractivity contribution in [2.75, 3.05) is 11.9 Å². The summed E-state index contributed by atoms with van der Waals surface area (Å²) in [6, 6.07) is 16.4. The molecule has 27 heavy (non-hydrogen) atoms. The molecule has 2 N–H and O–H groups in total. The summed E-state index contributed by atoms with van der Waals surface area (Å²) in [6.07, 6.45) is 8.40. The van der Waals surface area contributed by atoms with E-state index in [1.807, 2.05) is 41.3 Å². The van der Waals surface area contributed by atoms with Gasteiger partial charge in [-0.1, -0.05) is 12.1 Å². The minimum Gasteiger partial charge on any atom is -0.368 e. The van der Waals surface area contributed by atoms with E-state index in [-0.39, 0.29) is 0 Å². The number of nitrogens with zero attached hydrogens (tertiary/aromatic N) is 4. The Hall–Kier alpha value is -3.67. The summed E-state index contributed by atoms with van der Waals surface area (Å²) < 4.78 is 1.89. The number of nitrogens with one attached hydrogen (secondary N) is 2. The standard InChI is InChI=1S/C21H18N6/c1-2-15(13-22-9-1)7-10-24-20-5-6-21-25-14-19(27(21)26-20)17-3-4-18-16(12-17)8-11-23-18/h1-6,8-9,11-14,23H,7,10H2,(H,24,26). The Kier molecular flexibility index (Phi) is 3.79. The lowest BCUT2D eigenvalue weighted by molar-refractivity contribution is 0.918. The van der Waals surface area contributed by atoms with E-state index in [0.29, 0.717) is 0 Å². The van der Waals surface area contributed by atoms with Gasteiger partial charge in [0.2, 0.25) is 0 Å². The normalized spacial score (nSPS) is 11.3. The van der Waals surface area contributed by atoms with Gasteiger partial charge in [0.25, 0.3) is 0 Å². The van der Waals surface area contributed by atoms with Gasteiger partial charge < -0.3 is 10.3 Å². The average molecular weight is 354 g/mol. The van der Waals surface area contributed by atoms with Gasteiger partial charge in [-0.05, 0) is 48.4 Å². The second-order valence-electron chi connectivity index (χ2n) is 6.45. The highest BCUT2D eigenvalue weighted by Crippen LogP contribution is 2.24. The molecule has 0 atom stereocenters. The molecule has 6 heteroatoms. The highest BCUT2D eigenvalue weighted by atomic mass is 15.3. The zero-order valence-corrected chi connectivity index (χ0v) is 14.6. The lowest BCUT2D eigenvalue weighted by Crippen LogP contribution is -2.08. The van der Waals surface area contributed by atoms with Gasteiger partial charge in [0, 0.05) is 41.6 Å². The molecule has 0 radical (unpaired) electrons. The molecule has 0 unspecified atom stereocenters. The number of aromatic amines is 1. The van der Waals surface area contributed by atoms with Crippen molar-refractivity contribution in [3.63, 3.8) is 0 Å². The van der Waals surface area contributed by atoms with E-state index in [1.165, 1.54) is 10.9 Å². The fourth-order valence-corrected chi connectivity index (χ4v) is 3.26. The molecule has 0 saturated carbocycles. The van der Waals surface area contributed by atoms with Crippen LogP contribution in [0, 0.1) is 0 Å². The largest absolute Gasteiger partial charge is 0.368 e. The van der Waals surface area contributed by atoms with Gasteiger partial charge in [0.15, 0.2) is 5.65 Å². The Balaban J connectivity index is 1.42. The number of hydrogen-bond acceptors (Lipinski definition) is 4. The molecular weight excluding hydrogens is 336 g/mol. The topological polar surface area (TPSA) is 70.9 Å². The maximum atomic E-state index is 4.73. The van der Waals surface area contributed by atoms with Crippen molar-refractivity contribution in [2.45, 2.75) is 6.42 Å². The molecule has 0 aliphatic heterocycles. The molecule has 0 bridgehead atoms. The summed E-state index contributed by atoms with van der Waals surface area (Å²) in [5.74, 6) is 0.827. The smallest absolute Gasteiger partial charge is 0.154 e. The number of hydrogen-bond donors (Lipinski definition) is 2. The third-order valence-corrected chi connectivity index (χ3v) is 4.65. The maximum absolute atomic E-state index is 4.73. The summed E-state index contributed by atoms with van der Waals surface area (Å²) in [5, 5.41) is 9.29. The lowest BCUT2D eigenvalue weighted by Gasteiger charge is -2.07. The van der Waals surface area contributed by atoms with Crippen molar-refractivity contribution in [2.24, 2.45) is 0 Å². The van der Waals surface area contributed by atoms with Crippen LogP contribution in [0.2, 0.25) is 0 Å². The van der Waals surface area contributed by atoms with Crippen LogP contribution in [-0.2, 0) is 6.42 Å². The molecule has 4 aromatic heterocycles. The van der Waals surface area contributed by atoms with Crippen molar-refractivity contribution >= 4 is 22.4 Å². The molecule has 0 fully saturated rings. The number of fused-ring (bicyclic) bond motifs is 2. The van der Waals surface area contributed by atoms with Crippen LogP contribution in [-0.4, -0.2) is 31.1 Å². The highest BCUT2D eigenvalue weighted by Gasteiger charge is 2.09. The number of imidazole rings is 1. The molecule has 4 heterocycles. The number of benzene rings is 1. The number of aromatic nitrogens is 5. The SMILES string of the molecule is c1cncc(CCNc2ccc3ncc(-c4ccc5[nH]ccc5c4)n3n2)c1. The summed E-state index contributed by atoms with van der Waals surface area (Å²) >= 11 is 0. The van der Waals surface area contributed by atoms with E-state index >= 15 is 0 Å². The average Bonchev–Trinajstić information content (AvgIpc) is 3.34. The van der Waals surface area contributed by atoms with Gasteiger partial charge >= 0.3 is 0 Å². The summed E-state index contributed by atoms with van der Waals surface area (Å²) in [7, 11) is 0. The molecule has 132 valence electrons. The Morgan fingerprint density at radius 3 is 2.96 bits per heavy atom. The summed E-state index contributed by atoms with van der Waals surface area (Å²) in [6.45, 7) is 0.795. The van der Waals surface area contributed by atoms with Crippen molar-refractivity contribution in [3.05, 3.63) is 78.9 Å². The molecule has 1 aromatic carbocycles. The second-order valence-corrected chi connectivity index (χ2v) is 6.45. The Labute approximate surface area is 155 Å². The van der Waals surface area contributed by atoms with Gasteiger partial charge in [-0.15, -0.1) is 5.10 Å². The first-order valence-corrected chi connectivity index (χ1v) is 8.92. The van der Waals surface area contributed by atoms with Gasteiger partial charge in [-0.3, -0.25) is 4.98 Å². The van der Waals surface area contributed by atoms with E-state index < -0.39 is 0 Å². The monoisotopic (exact) mass is 354 g/mol. The molecule has 6 nitrogen and oxygen atoms in total. The van der Waals surface area contributed by atoms with Gasteiger partial charge in [-0.25, -0.2) is 9.50 Å². The van der Waals surface area contributed by atoms with Crippen LogP contribution < -0.4 is 5.32 Å². The molecular formula is C21H18N6. The maximum Gasteiger partial charge on any atom is 0.154 e. The quantitative estimate of drug-likeness (QED) is 0.502. The molecule has 5 rings (SSSR count). The van der Waals surface area contributed by atoms with Crippen LogP contribution in [0.25, 0.3) is 27.8 Å². The predicted molar refractivity (Wildman–Crippen MR) is 107 cm³/mol. The summed E-state index contributed by atoms with van der Waals surface area (Å²) in [5.41, 5.74) is 5.23. The zero-order valence-electron chi connectivity index (χ0n) is 14.6. The van der Waals surface area contributed by atoms with Gasteiger partial charge in [-0.2, -0.15) is 0 Å². The molecule has 0 aliphatic rings. The summed E-state index contributed by atoms with van der Waals surface area (Å²) in [4.78, 5) is 11.9. The van der Waals surface area contributed by atoms with E-state index in [0.717, 1.165) is 41.2 Å². The molecule has 0 aliphatic carbocycles. The van der Waals surface area contributed by atoms with Crippen LogP contribution in [0.4, 0.5) is 5.82 Å². The lowest BCUT2D eigenvalue weighted by atomic mass is 10.1. The van der Waals surface area contributed by atoms with Crippen molar-refractivity contribution < 1.29 is 0 Å². The Morgan fingerprint density at radius 1 is 1.04 bits per heavy atom. The van der Waals surface area contributed by atoms with Crippen LogP contribution >= 0.6 is 0 Å². The van der Waals surface area contributed by atoms with E-state index in [4.69, 9.17) is 5.10 Å². The van der Waals surface area contributed by atoms with Crippen molar-refractivity contribution in [1.29, 1.82) is 0 Å². The minimum atomic E-state index is 0.795. The molecule has 0 saturated heterocycles. The minimum absolute atomic E-state index is 0.795. The van der Waals surface area contributed by atoms with Crippen LogP contribution in [0.3, 0.4) is 0 Å². The van der Waals surface area contributed by atoms with Gasteiger partial charge in [0.1, 0.15) is 5.82 Å². The van der Waals surface area contributed by atoms with Crippen molar-refractivity contribution in [1.82, 2.24) is 24.6 Å². The second kappa shape index (κ2) is 6.57. The fraction of sp³-hybridized carbons (Fsp3) is 0.0952. The fourth-order valence-electron chi connectivity index (χ4n) is 3.26. The number of pyridine rings is 1. The van der Waals surface area contributed by atoms with E-state index in [1.54, 1.807) is 6.20 Å². The van der Waals surface area contributed by atoms with E-state index in [2.05, 4.69) is 50.6 Å². The van der Waals surface area contributed by atoms with Crippen LogP contribution in [0.1, 0.15) is 5.56 Å². The predicted octanol–water partition coefficient (Wildman–Crippen LogP) is 3.93. The molecule has 5 aromatic rings. The number of rotatable bonds is 5. The van der Waals surface area contributed by atoms with Crippen molar-refractivity contribution in [3.8, 4) is 11.3 Å². The molecule has 0 spiro atoms. The first kappa shape index (κ1) is 15.6. The Bertz CT molecular complexity index is 1210. The third kappa shape index (κ3) is 3.01. The van der Waals surface area contributed by atoms with Gasteiger partial charge in [0.05, 0.1) is 11.9 Å². The zero-order chi connectivity index (χ0) is 18.1. The highest BCUT2D eigenvalue weighted by molar-refractivity contribution is 5.84. The van der Waals surface area contributed by atoms with Crippen LogP contribution in [0.15, 0.2) is 73.3 Å². The third-order valence-electron chi connectivity index (χ3n) is 4.65. The molecule has 0 amide bonds. The first-order valence-electron chi connectivity index (χ1n) is 8.92. The number of anilines is 1. The van der Waals surface area contributed by atoms with E-state index in [9.17, 15) is 0 Å². The van der Waals surface area contributed by atoms with Crippen LogP contribution in [0.5, 0.6) is 0 Å². The Morgan fingerprint density at radius 2 is 2.04 bits per heavy atom.